The molecule has 8 rings (SSSR count). The number of nitrogens with zero attached hydrogens (tertiary/aromatic N) is 6. The molecule has 6 atom stereocenters. The van der Waals surface area contributed by atoms with E-state index in [1.54, 1.807) is 6.08 Å². The molecular formula is C39H56N6O5S. The molecule has 0 bridgehead atoms. The lowest BCUT2D eigenvalue weighted by Crippen LogP contribution is -2.51. The van der Waals surface area contributed by atoms with E-state index in [1.165, 1.54) is 36.8 Å². The van der Waals surface area contributed by atoms with Crippen LogP contribution in [0.1, 0.15) is 72.1 Å². The van der Waals surface area contributed by atoms with E-state index >= 15 is 0 Å². The summed E-state index contributed by atoms with van der Waals surface area (Å²) in [6.45, 7) is 15.4. The van der Waals surface area contributed by atoms with Gasteiger partial charge in [0.05, 0.1) is 12.8 Å². The molecule has 1 N–H and O–H groups in total. The number of Topliss-reactive ketones (excluding diaryl/α,β-unsaturated/α-hetero) is 1. The summed E-state index contributed by atoms with van der Waals surface area (Å²) >= 11 is 0. The smallest absolute Gasteiger partial charge is 0.261 e. The van der Waals surface area contributed by atoms with Crippen molar-refractivity contribution < 1.29 is 22.6 Å². The Balaban J connectivity index is 0.000000761. The first-order valence-electron chi connectivity index (χ1n) is 19.2. The Hall–Kier alpha value is -3.09. The van der Waals surface area contributed by atoms with Gasteiger partial charge in [-0.1, -0.05) is 37.1 Å². The highest BCUT2D eigenvalue weighted by molar-refractivity contribution is 7.85. The molecule has 3 saturated heterocycles. The average molecular weight is 721 g/mol. The average Bonchev–Trinajstić information content (AvgIpc) is 3.86. The summed E-state index contributed by atoms with van der Waals surface area (Å²) in [6, 6.07) is 2.21. The van der Waals surface area contributed by atoms with Crippen LogP contribution in [0.15, 0.2) is 41.5 Å². The minimum Gasteiger partial charge on any atom is -0.356 e. The van der Waals surface area contributed by atoms with Crippen molar-refractivity contribution in [1.29, 1.82) is 0 Å². The number of ketones is 2. The summed E-state index contributed by atoms with van der Waals surface area (Å²) < 4.78 is 25.9. The van der Waals surface area contributed by atoms with Crippen LogP contribution in [0.25, 0.3) is 0 Å². The van der Waals surface area contributed by atoms with Crippen LogP contribution < -0.4 is 14.7 Å². The van der Waals surface area contributed by atoms with E-state index in [1.807, 2.05) is 6.08 Å². The van der Waals surface area contributed by atoms with Gasteiger partial charge in [-0.05, 0) is 93.6 Å². The molecule has 1 aromatic rings. The molecule has 0 spiro atoms. The molecule has 4 aliphatic carbocycles. The van der Waals surface area contributed by atoms with Gasteiger partial charge in [-0.25, -0.2) is 0 Å². The van der Waals surface area contributed by atoms with E-state index in [9.17, 15) is 18.0 Å². The molecule has 3 aliphatic heterocycles. The van der Waals surface area contributed by atoms with Gasteiger partial charge in [0.25, 0.3) is 10.1 Å². The van der Waals surface area contributed by atoms with E-state index in [-0.39, 0.29) is 22.5 Å². The van der Waals surface area contributed by atoms with Crippen molar-refractivity contribution >= 4 is 39.3 Å². The standard InChI is InChI=1S/C38H52N6O2.CH4O3S/c1-26-22-31-29-9-8-27-23-28(45)10-12-37(27,2)30(29)11-13-38(31,3)35(26)32(46)25-41-18-20-43(21-19-41)34-24-33(42-14-4-5-15-42)39-36(40-34)44-16-6-7-17-44;1-5(2,3)4/h10-12,23-24,26,29,31,35H,4-9,13-22,25H2,1-3H3;1H3,(H,2,3,4)/t26-,29-,31+,35-,37+,38+;/m1./s1. The zero-order chi connectivity index (χ0) is 36.1. The topological polar surface area (TPSA) is 127 Å². The molecule has 0 unspecified atom stereocenters. The summed E-state index contributed by atoms with van der Waals surface area (Å²) in [5.41, 5.74) is 2.68. The number of allylic oxidation sites excluding steroid dienone is 6. The largest absolute Gasteiger partial charge is 0.356 e. The number of carbonyl (C=O) groups is 2. The summed E-state index contributed by atoms with van der Waals surface area (Å²) in [4.78, 5) is 46.1. The first-order chi connectivity index (χ1) is 24.2. The van der Waals surface area contributed by atoms with Crippen molar-refractivity contribution in [2.45, 2.75) is 72.1 Å². The molecule has 278 valence electrons. The van der Waals surface area contributed by atoms with Gasteiger partial charge < -0.3 is 14.7 Å². The molecule has 7 aliphatic rings. The van der Waals surface area contributed by atoms with Crippen LogP contribution in [0.4, 0.5) is 17.6 Å². The van der Waals surface area contributed by atoms with Crippen molar-refractivity contribution in [1.82, 2.24) is 14.9 Å². The number of hydrogen-bond donors (Lipinski definition) is 1. The van der Waals surface area contributed by atoms with Crippen LogP contribution in [0.5, 0.6) is 0 Å². The predicted molar refractivity (Wildman–Crippen MR) is 201 cm³/mol. The monoisotopic (exact) mass is 720 g/mol. The molecule has 5 fully saturated rings. The van der Waals surface area contributed by atoms with Crippen LogP contribution in [0.3, 0.4) is 0 Å². The lowest BCUT2D eigenvalue weighted by molar-refractivity contribution is -0.129. The predicted octanol–water partition coefficient (Wildman–Crippen LogP) is 4.96. The minimum atomic E-state index is -3.67. The lowest BCUT2D eigenvalue weighted by atomic mass is 9.52. The molecule has 0 radical (unpaired) electrons. The Bertz CT molecular complexity index is 1680. The molecular weight excluding hydrogens is 665 g/mol. The van der Waals surface area contributed by atoms with Crippen molar-refractivity contribution in [3.63, 3.8) is 0 Å². The second-order valence-corrected chi connectivity index (χ2v) is 18.1. The zero-order valence-electron chi connectivity index (χ0n) is 30.9. The molecule has 2 saturated carbocycles. The Morgan fingerprint density at radius 1 is 0.941 bits per heavy atom. The molecule has 51 heavy (non-hydrogen) atoms. The fraction of sp³-hybridized carbons (Fsp3) is 0.692. The van der Waals surface area contributed by atoms with E-state index in [0.717, 1.165) is 95.6 Å². The summed E-state index contributed by atoms with van der Waals surface area (Å²) in [7, 11) is -3.67. The Morgan fingerprint density at radius 2 is 1.53 bits per heavy atom. The molecule has 0 aromatic carbocycles. The summed E-state index contributed by atoms with van der Waals surface area (Å²) in [6.07, 6.45) is 18.1. The van der Waals surface area contributed by atoms with Gasteiger partial charge in [-0.2, -0.15) is 18.4 Å². The number of aromatic nitrogens is 2. The fourth-order valence-corrected chi connectivity index (χ4v) is 10.8. The fourth-order valence-electron chi connectivity index (χ4n) is 10.8. The Morgan fingerprint density at radius 3 is 2.16 bits per heavy atom. The van der Waals surface area contributed by atoms with E-state index in [2.05, 4.69) is 58.6 Å². The highest BCUT2D eigenvalue weighted by atomic mass is 32.2. The number of rotatable bonds is 6. The van der Waals surface area contributed by atoms with Gasteiger partial charge in [0.2, 0.25) is 5.95 Å². The van der Waals surface area contributed by atoms with Gasteiger partial charge in [0.1, 0.15) is 11.6 Å². The van der Waals surface area contributed by atoms with Crippen molar-refractivity contribution in [2.24, 2.45) is 34.5 Å². The van der Waals surface area contributed by atoms with Gasteiger partial charge >= 0.3 is 0 Å². The van der Waals surface area contributed by atoms with Crippen LogP contribution in [0, 0.1) is 34.5 Å². The molecule has 0 amide bonds. The third kappa shape index (κ3) is 7.29. The summed E-state index contributed by atoms with van der Waals surface area (Å²) in [5, 5.41) is 0. The maximum Gasteiger partial charge on any atom is 0.261 e. The molecule has 4 heterocycles. The van der Waals surface area contributed by atoms with Crippen molar-refractivity contribution in [3.05, 3.63) is 41.5 Å². The quantitative estimate of drug-likeness (QED) is 0.317. The number of piperazine rings is 1. The number of carbonyl (C=O) groups excluding carboxylic acids is 2. The SMILES string of the molecule is CS(=O)(=O)O.C[C@@H]1C[C@H]2[C@@H]3CCC4=CC(=O)C=C[C@]4(C)C3=CC[C@]2(C)[C@H]1C(=O)CN1CCN(c2cc(N3CCCC3)nc(N3CCCC3)n2)CC1. The normalized spacial score (nSPS) is 33.6. The molecule has 12 heteroatoms. The second-order valence-electron chi connectivity index (χ2n) is 16.7. The van der Waals surface area contributed by atoms with E-state index in [0.29, 0.717) is 36.3 Å². The van der Waals surface area contributed by atoms with Gasteiger partial charge in [0, 0.05) is 69.8 Å². The third-order valence-electron chi connectivity index (χ3n) is 13.2. The van der Waals surface area contributed by atoms with E-state index in [4.69, 9.17) is 14.5 Å². The number of anilines is 3. The first kappa shape index (κ1) is 36.3. The van der Waals surface area contributed by atoms with Crippen molar-refractivity contribution in [2.75, 3.05) is 79.9 Å². The summed E-state index contributed by atoms with van der Waals surface area (Å²) in [5.74, 6) is 5.14. The second kappa shape index (κ2) is 14.0. The first-order valence-corrected chi connectivity index (χ1v) is 21.0. The molecule has 1 aromatic heterocycles. The van der Waals surface area contributed by atoms with Crippen LogP contribution >= 0.6 is 0 Å². The highest BCUT2D eigenvalue weighted by Crippen LogP contribution is 2.65. The van der Waals surface area contributed by atoms with Crippen LogP contribution in [-0.4, -0.2) is 105 Å². The van der Waals surface area contributed by atoms with Crippen LogP contribution in [0.2, 0.25) is 0 Å². The molecule has 11 nitrogen and oxygen atoms in total. The van der Waals surface area contributed by atoms with Crippen molar-refractivity contribution in [3.8, 4) is 0 Å². The number of hydrogen-bond acceptors (Lipinski definition) is 10. The van der Waals surface area contributed by atoms with Gasteiger partial charge in [-0.15, -0.1) is 0 Å². The lowest BCUT2D eigenvalue weighted by Gasteiger charge is -2.52. The third-order valence-corrected chi connectivity index (χ3v) is 13.2. The van der Waals surface area contributed by atoms with Gasteiger partial charge in [-0.3, -0.25) is 19.0 Å². The minimum absolute atomic E-state index is 0.0111. The Labute approximate surface area is 304 Å². The van der Waals surface area contributed by atoms with Crippen LogP contribution in [-0.2, 0) is 19.7 Å². The maximum atomic E-state index is 14.2. The zero-order valence-corrected chi connectivity index (χ0v) is 31.7. The number of fused-ring (bicyclic) bond motifs is 5. The maximum absolute atomic E-state index is 14.2. The highest BCUT2D eigenvalue weighted by Gasteiger charge is 2.59. The Kier molecular flexibility index (Phi) is 9.99. The van der Waals surface area contributed by atoms with E-state index < -0.39 is 10.1 Å². The van der Waals surface area contributed by atoms with Gasteiger partial charge in [0.15, 0.2) is 11.6 Å².